The second-order valence-electron chi connectivity index (χ2n) is 10.3. The van der Waals surface area contributed by atoms with Gasteiger partial charge in [-0.15, -0.1) is 0 Å². The number of fused-ring (bicyclic) bond motifs is 5. The van der Waals surface area contributed by atoms with Gasteiger partial charge < -0.3 is 10.2 Å². The van der Waals surface area contributed by atoms with Gasteiger partial charge in [0.25, 0.3) is 0 Å². The Morgan fingerprint density at radius 2 is 1.85 bits per heavy atom. The molecule has 0 aromatic carbocycles. The van der Waals surface area contributed by atoms with Crippen LogP contribution < -0.4 is 0 Å². The Morgan fingerprint density at radius 1 is 1.15 bits per heavy atom. The van der Waals surface area contributed by atoms with Crippen molar-refractivity contribution in [2.24, 2.45) is 34.5 Å². The molecule has 0 heterocycles. The molecule has 4 aliphatic carbocycles. The summed E-state index contributed by atoms with van der Waals surface area (Å²) in [5.41, 5.74) is -1.83. The van der Waals surface area contributed by atoms with Crippen molar-refractivity contribution in [3.8, 4) is 0 Å². The molecular formula is C21H30B2O3. The summed E-state index contributed by atoms with van der Waals surface area (Å²) in [5, 5.41) is 21.8. The quantitative estimate of drug-likeness (QED) is 0.563. The molecule has 5 heteroatoms. The van der Waals surface area contributed by atoms with Crippen LogP contribution in [0.5, 0.6) is 0 Å². The number of ketones is 1. The molecule has 4 aliphatic rings. The summed E-state index contributed by atoms with van der Waals surface area (Å²) in [4.78, 5) is 12.3. The smallest absolute Gasteiger partial charge is 0.133 e. The van der Waals surface area contributed by atoms with Gasteiger partial charge in [0.1, 0.15) is 21.5 Å². The van der Waals surface area contributed by atoms with Gasteiger partial charge in [0.15, 0.2) is 0 Å². The zero-order valence-electron chi connectivity index (χ0n) is 16.3. The number of carbonyl (C=O) groups is 1. The maximum atomic E-state index is 12.3. The van der Waals surface area contributed by atoms with Crippen molar-refractivity contribution >= 4 is 21.5 Å². The lowest BCUT2D eigenvalue weighted by Gasteiger charge is -2.64. The molecule has 3 fully saturated rings. The highest BCUT2D eigenvalue weighted by atomic mass is 16.3. The zero-order valence-corrected chi connectivity index (χ0v) is 16.3. The third kappa shape index (κ3) is 2.45. The van der Waals surface area contributed by atoms with E-state index in [0.29, 0.717) is 24.7 Å². The van der Waals surface area contributed by atoms with Gasteiger partial charge in [-0.25, -0.2) is 0 Å². The fourth-order valence-corrected chi connectivity index (χ4v) is 7.80. The number of carbonyl (C=O) groups excluding carboxylic acids is 1. The second kappa shape index (κ2) is 5.50. The van der Waals surface area contributed by atoms with E-state index >= 15 is 0 Å². The van der Waals surface area contributed by atoms with E-state index < -0.39 is 11.0 Å². The first-order valence-electron chi connectivity index (χ1n) is 10.2. The molecule has 3 saturated carbocycles. The molecule has 0 aliphatic heterocycles. The Balaban J connectivity index is 1.77. The van der Waals surface area contributed by atoms with E-state index in [2.05, 4.69) is 13.8 Å². The van der Waals surface area contributed by atoms with Crippen LogP contribution in [-0.2, 0) is 4.79 Å². The van der Waals surface area contributed by atoms with Crippen LogP contribution in [-0.4, -0.2) is 42.7 Å². The average molecular weight is 352 g/mol. The first kappa shape index (κ1) is 18.8. The summed E-state index contributed by atoms with van der Waals surface area (Å²) < 4.78 is 0. The molecule has 0 saturated heterocycles. The van der Waals surface area contributed by atoms with Crippen LogP contribution in [0, 0.1) is 34.5 Å². The Labute approximate surface area is 159 Å². The molecule has 4 rings (SSSR count). The highest BCUT2D eigenvalue weighted by molar-refractivity contribution is 6.16. The predicted octanol–water partition coefficient (Wildman–Crippen LogP) is 2.48. The molecule has 0 bridgehead atoms. The maximum Gasteiger partial charge on any atom is 0.133 e. The molecule has 8 atom stereocenters. The predicted molar refractivity (Wildman–Crippen MR) is 103 cm³/mol. The van der Waals surface area contributed by atoms with Crippen molar-refractivity contribution in [2.75, 3.05) is 0 Å². The minimum Gasteiger partial charge on any atom is -0.399 e. The van der Waals surface area contributed by atoms with E-state index in [1.807, 2.05) is 6.08 Å². The molecule has 3 nitrogen and oxygen atoms in total. The van der Waals surface area contributed by atoms with Gasteiger partial charge in [0, 0.05) is 16.9 Å². The summed E-state index contributed by atoms with van der Waals surface area (Å²) in [6.07, 6.45) is 7.34. The van der Waals surface area contributed by atoms with Crippen molar-refractivity contribution in [3.63, 3.8) is 0 Å². The molecular weight excluding hydrogens is 322 g/mol. The van der Waals surface area contributed by atoms with Gasteiger partial charge in [-0.2, -0.15) is 0 Å². The molecule has 0 aromatic heterocycles. The first-order chi connectivity index (χ1) is 11.9. The summed E-state index contributed by atoms with van der Waals surface area (Å²) in [5.74, 6) is 0.947. The summed E-state index contributed by atoms with van der Waals surface area (Å²) >= 11 is 0. The lowest BCUT2D eigenvalue weighted by atomic mass is 9.38. The average Bonchev–Trinajstić information content (AvgIpc) is 2.83. The SMILES string of the molecule is [B][C@]1(O)C[C@@]2(C)C(CC[C@@H]2C(C)=O)C2CCC3=C[C@@]([B])(O)CC[C@]3(C)C21. The van der Waals surface area contributed by atoms with E-state index in [-0.39, 0.29) is 28.4 Å². The highest BCUT2D eigenvalue weighted by Gasteiger charge is 2.65. The van der Waals surface area contributed by atoms with Gasteiger partial charge >= 0.3 is 0 Å². The zero-order chi connectivity index (χ0) is 19.1. The summed E-state index contributed by atoms with van der Waals surface area (Å²) in [6, 6.07) is 0. The highest BCUT2D eigenvalue weighted by Crippen LogP contribution is 2.68. The van der Waals surface area contributed by atoms with Gasteiger partial charge in [-0.1, -0.05) is 25.5 Å². The molecule has 0 spiro atoms. The number of rotatable bonds is 1. The Bertz CT molecular complexity index is 670. The Kier molecular flexibility index (Phi) is 3.98. The van der Waals surface area contributed by atoms with Crippen molar-refractivity contribution in [1.29, 1.82) is 0 Å². The number of aliphatic hydroxyl groups is 2. The molecule has 0 aromatic rings. The minimum absolute atomic E-state index is 0.00811. The molecule has 4 radical (unpaired) electrons. The lowest BCUT2D eigenvalue weighted by molar-refractivity contribution is -0.157. The third-order valence-corrected chi connectivity index (χ3v) is 8.68. The molecule has 3 unspecified atom stereocenters. The van der Waals surface area contributed by atoms with Crippen molar-refractivity contribution in [2.45, 2.75) is 76.7 Å². The van der Waals surface area contributed by atoms with Crippen molar-refractivity contribution in [1.82, 2.24) is 0 Å². The van der Waals surface area contributed by atoms with Crippen LogP contribution in [0.4, 0.5) is 0 Å². The fourth-order valence-electron chi connectivity index (χ4n) is 7.80. The van der Waals surface area contributed by atoms with Crippen LogP contribution in [0.1, 0.15) is 65.7 Å². The van der Waals surface area contributed by atoms with Crippen LogP contribution in [0.15, 0.2) is 11.6 Å². The Morgan fingerprint density at radius 3 is 2.50 bits per heavy atom. The number of Topliss-reactive ketones (excluding diaryl/α,β-unsaturated/α-hetero) is 1. The van der Waals surface area contributed by atoms with E-state index in [1.165, 1.54) is 0 Å². The molecule has 26 heavy (non-hydrogen) atoms. The number of hydrogen-bond donors (Lipinski definition) is 2. The molecule has 0 amide bonds. The molecule has 2 N–H and O–H groups in total. The lowest BCUT2D eigenvalue weighted by Crippen LogP contribution is -2.63. The monoisotopic (exact) mass is 352 g/mol. The van der Waals surface area contributed by atoms with E-state index in [0.717, 1.165) is 37.7 Å². The van der Waals surface area contributed by atoms with Crippen LogP contribution in [0.25, 0.3) is 0 Å². The Hall–Kier alpha value is -0.540. The topological polar surface area (TPSA) is 57.5 Å². The number of hydrogen-bond acceptors (Lipinski definition) is 3. The minimum atomic E-state index is -1.30. The molecule has 138 valence electrons. The largest absolute Gasteiger partial charge is 0.399 e. The number of allylic oxidation sites excluding steroid dienone is 1. The van der Waals surface area contributed by atoms with E-state index in [1.54, 1.807) is 6.92 Å². The standard InChI is InChI=1S/C21H30B2O3/c1-12(24)15-6-7-16-14-5-4-13-10-20(22,25)9-8-18(13,2)17(14)21(23,26)11-19(15,16)3/h10,14-17,25-26H,4-9,11H2,1-3H3/t14?,15-,16?,17?,18+,19-,20+,21+/m1/s1. The van der Waals surface area contributed by atoms with Gasteiger partial charge in [-0.3, -0.25) is 4.79 Å². The second-order valence-corrected chi connectivity index (χ2v) is 10.3. The van der Waals surface area contributed by atoms with Gasteiger partial charge in [-0.05, 0) is 80.5 Å². The fraction of sp³-hybridized carbons (Fsp3) is 0.857. The van der Waals surface area contributed by atoms with Gasteiger partial charge in [0.2, 0.25) is 0 Å². The first-order valence-corrected chi connectivity index (χ1v) is 10.2. The summed E-state index contributed by atoms with van der Waals surface area (Å²) in [6.45, 7) is 6.06. The van der Waals surface area contributed by atoms with Crippen molar-refractivity contribution in [3.05, 3.63) is 11.6 Å². The maximum absolute atomic E-state index is 12.3. The van der Waals surface area contributed by atoms with Gasteiger partial charge in [0.05, 0.1) is 0 Å². The van der Waals surface area contributed by atoms with Crippen LogP contribution in [0.2, 0.25) is 0 Å². The van der Waals surface area contributed by atoms with Crippen LogP contribution in [0.3, 0.4) is 0 Å². The third-order valence-electron chi connectivity index (χ3n) is 8.68. The summed E-state index contributed by atoms with van der Waals surface area (Å²) in [7, 11) is 12.6. The van der Waals surface area contributed by atoms with E-state index in [4.69, 9.17) is 15.7 Å². The van der Waals surface area contributed by atoms with E-state index in [9.17, 15) is 15.0 Å². The van der Waals surface area contributed by atoms with Crippen molar-refractivity contribution < 1.29 is 15.0 Å². The van der Waals surface area contributed by atoms with Crippen LogP contribution >= 0.6 is 0 Å². The normalized spacial score (nSPS) is 56.1.